The maximum atomic E-state index is 13.7. The second kappa shape index (κ2) is 5.31. The van der Waals surface area contributed by atoms with Crippen molar-refractivity contribution >= 4 is 21.6 Å². The van der Waals surface area contributed by atoms with Gasteiger partial charge in [-0.15, -0.1) is 0 Å². The van der Waals surface area contributed by atoms with E-state index < -0.39 is 11.6 Å². The number of aliphatic hydroxyl groups is 1. The van der Waals surface area contributed by atoms with Gasteiger partial charge < -0.3 is 10.0 Å². The van der Waals surface area contributed by atoms with Crippen molar-refractivity contribution in [3.05, 3.63) is 28.2 Å². The topological polar surface area (TPSA) is 23.5 Å². The van der Waals surface area contributed by atoms with Gasteiger partial charge >= 0.3 is 0 Å². The van der Waals surface area contributed by atoms with Gasteiger partial charge in [-0.3, -0.25) is 0 Å². The van der Waals surface area contributed by atoms with Gasteiger partial charge in [-0.05, 0) is 30.9 Å². The van der Waals surface area contributed by atoms with Crippen molar-refractivity contribution in [1.82, 2.24) is 0 Å². The van der Waals surface area contributed by atoms with Gasteiger partial charge in [0, 0.05) is 24.2 Å². The Labute approximate surface area is 107 Å². The van der Waals surface area contributed by atoms with Gasteiger partial charge in [0.05, 0.1) is 0 Å². The van der Waals surface area contributed by atoms with Gasteiger partial charge in [0.1, 0.15) is 5.69 Å². The van der Waals surface area contributed by atoms with Crippen LogP contribution in [-0.4, -0.2) is 24.8 Å². The average Bonchev–Trinajstić information content (AvgIpc) is 2.28. The Morgan fingerprint density at radius 3 is 2.24 bits per heavy atom. The lowest BCUT2D eigenvalue weighted by atomic mass is 9.97. The highest BCUT2D eigenvalue weighted by atomic mass is 79.9. The van der Waals surface area contributed by atoms with Crippen LogP contribution in [-0.2, 0) is 0 Å². The molecule has 0 unspecified atom stereocenters. The summed E-state index contributed by atoms with van der Waals surface area (Å²) < 4.78 is 27.8. The average molecular weight is 306 g/mol. The summed E-state index contributed by atoms with van der Waals surface area (Å²) in [6, 6.07) is 2.55. The van der Waals surface area contributed by atoms with Gasteiger partial charge in [0.25, 0.3) is 0 Å². The van der Waals surface area contributed by atoms with Crippen LogP contribution >= 0.6 is 15.9 Å². The summed E-state index contributed by atoms with van der Waals surface area (Å²) >= 11 is 3.06. The van der Waals surface area contributed by atoms with Crippen molar-refractivity contribution in [3.63, 3.8) is 0 Å². The van der Waals surface area contributed by atoms with Crippen LogP contribution in [0.15, 0.2) is 16.6 Å². The Morgan fingerprint density at radius 2 is 1.76 bits per heavy atom. The first kappa shape index (κ1) is 12.8. The molecule has 0 spiro atoms. The van der Waals surface area contributed by atoms with Crippen LogP contribution in [0.4, 0.5) is 14.5 Å². The zero-order valence-corrected chi connectivity index (χ0v) is 10.9. The lowest BCUT2D eigenvalue weighted by Crippen LogP contribution is -2.35. The monoisotopic (exact) mass is 305 g/mol. The maximum Gasteiger partial charge on any atom is 0.150 e. The van der Waals surface area contributed by atoms with Crippen molar-refractivity contribution in [2.24, 2.45) is 5.92 Å². The van der Waals surface area contributed by atoms with E-state index in [4.69, 9.17) is 5.11 Å². The number of hydrogen-bond acceptors (Lipinski definition) is 2. The lowest BCUT2D eigenvalue weighted by molar-refractivity contribution is 0.202. The van der Waals surface area contributed by atoms with Crippen molar-refractivity contribution in [1.29, 1.82) is 0 Å². The Balaban J connectivity index is 2.18. The van der Waals surface area contributed by atoms with Gasteiger partial charge in [-0.1, -0.05) is 15.9 Å². The second-order valence-electron chi connectivity index (χ2n) is 4.33. The quantitative estimate of drug-likeness (QED) is 0.908. The zero-order chi connectivity index (χ0) is 12.4. The number of aliphatic hydroxyl groups excluding tert-OH is 1. The van der Waals surface area contributed by atoms with E-state index in [1.807, 2.05) is 0 Å². The molecule has 2 rings (SSSR count). The van der Waals surface area contributed by atoms with Crippen molar-refractivity contribution in [2.45, 2.75) is 12.8 Å². The summed E-state index contributed by atoms with van der Waals surface area (Å²) in [5.74, 6) is -0.827. The third-order valence-electron chi connectivity index (χ3n) is 3.17. The van der Waals surface area contributed by atoms with Crippen LogP contribution in [0.2, 0.25) is 0 Å². The summed E-state index contributed by atoms with van der Waals surface area (Å²) in [5.41, 5.74) is 0.0459. The molecule has 94 valence electrons. The Bertz CT molecular complexity index is 382. The van der Waals surface area contributed by atoms with Crippen LogP contribution in [0.25, 0.3) is 0 Å². The molecule has 17 heavy (non-hydrogen) atoms. The van der Waals surface area contributed by atoms with Gasteiger partial charge in [-0.2, -0.15) is 0 Å². The van der Waals surface area contributed by atoms with Crippen LogP contribution < -0.4 is 4.90 Å². The predicted octanol–water partition coefficient (Wildman–Crippen LogP) is 2.94. The number of nitrogens with zero attached hydrogens (tertiary/aromatic N) is 1. The van der Waals surface area contributed by atoms with E-state index in [0.29, 0.717) is 17.6 Å². The molecule has 5 heteroatoms. The smallest absolute Gasteiger partial charge is 0.150 e. The fourth-order valence-corrected chi connectivity index (χ4v) is 2.58. The highest BCUT2D eigenvalue weighted by Crippen LogP contribution is 2.30. The Kier molecular flexibility index (Phi) is 3.99. The minimum absolute atomic E-state index is 0.0459. The summed E-state index contributed by atoms with van der Waals surface area (Å²) in [4.78, 5) is 1.71. The van der Waals surface area contributed by atoms with Crippen LogP contribution in [0.1, 0.15) is 12.8 Å². The fraction of sp³-hybridized carbons (Fsp3) is 0.500. The van der Waals surface area contributed by atoms with E-state index in [9.17, 15) is 8.78 Å². The summed E-state index contributed by atoms with van der Waals surface area (Å²) in [6.07, 6.45) is 1.54. The van der Waals surface area contributed by atoms with Crippen molar-refractivity contribution in [2.75, 3.05) is 24.6 Å². The van der Waals surface area contributed by atoms with E-state index in [1.54, 1.807) is 4.90 Å². The first-order valence-corrected chi connectivity index (χ1v) is 6.41. The zero-order valence-electron chi connectivity index (χ0n) is 9.30. The lowest BCUT2D eigenvalue weighted by Gasteiger charge is -2.33. The van der Waals surface area contributed by atoms with Gasteiger partial charge in [0.15, 0.2) is 11.6 Å². The standard InChI is InChI=1S/C12H14BrF2NO/c13-9-5-10(14)12(11(15)6-9)16-3-1-8(7-17)2-4-16/h5-6,8,17H,1-4,7H2. The number of hydrogen-bond donors (Lipinski definition) is 1. The molecule has 0 atom stereocenters. The minimum Gasteiger partial charge on any atom is -0.396 e. The van der Waals surface area contributed by atoms with Crippen LogP contribution in [0.3, 0.4) is 0 Å². The summed E-state index contributed by atoms with van der Waals surface area (Å²) in [7, 11) is 0. The van der Waals surface area contributed by atoms with Gasteiger partial charge in [0.2, 0.25) is 0 Å². The second-order valence-corrected chi connectivity index (χ2v) is 5.25. The first-order valence-electron chi connectivity index (χ1n) is 5.62. The number of benzene rings is 1. The molecule has 2 nitrogen and oxygen atoms in total. The van der Waals surface area contributed by atoms with Crippen molar-refractivity contribution < 1.29 is 13.9 Å². The molecule has 1 N–H and O–H groups in total. The molecule has 1 aromatic carbocycles. The van der Waals surface area contributed by atoms with Gasteiger partial charge in [-0.25, -0.2) is 8.78 Å². The van der Waals surface area contributed by atoms with E-state index in [-0.39, 0.29) is 18.2 Å². The van der Waals surface area contributed by atoms with Crippen molar-refractivity contribution in [3.8, 4) is 0 Å². The molecule has 0 aromatic heterocycles. The van der Waals surface area contributed by atoms with Crippen LogP contribution in [0.5, 0.6) is 0 Å². The SMILES string of the molecule is OCC1CCN(c2c(F)cc(Br)cc2F)CC1. The third-order valence-corrected chi connectivity index (χ3v) is 3.63. The highest BCUT2D eigenvalue weighted by Gasteiger charge is 2.23. The molecule has 0 aliphatic carbocycles. The predicted molar refractivity (Wildman–Crippen MR) is 66.1 cm³/mol. The largest absolute Gasteiger partial charge is 0.396 e. The number of piperidine rings is 1. The number of anilines is 1. The Hall–Kier alpha value is -0.680. The molecule has 1 saturated heterocycles. The number of rotatable bonds is 2. The first-order chi connectivity index (χ1) is 8.11. The third kappa shape index (κ3) is 2.77. The molecule has 1 fully saturated rings. The summed E-state index contributed by atoms with van der Waals surface area (Å²) in [6.45, 7) is 1.32. The summed E-state index contributed by atoms with van der Waals surface area (Å²) in [5, 5.41) is 9.02. The minimum atomic E-state index is -0.542. The molecule has 0 bridgehead atoms. The van der Waals surface area contributed by atoms with E-state index in [0.717, 1.165) is 12.8 Å². The normalized spacial score (nSPS) is 17.5. The number of halogens is 3. The van der Waals surface area contributed by atoms with E-state index in [1.165, 1.54) is 12.1 Å². The maximum absolute atomic E-state index is 13.7. The molecule has 0 amide bonds. The Morgan fingerprint density at radius 1 is 1.24 bits per heavy atom. The van der Waals surface area contributed by atoms with E-state index >= 15 is 0 Å². The molecule has 0 saturated carbocycles. The molecule has 0 radical (unpaired) electrons. The molecule has 1 heterocycles. The van der Waals surface area contributed by atoms with Crippen LogP contribution in [0, 0.1) is 17.6 Å². The highest BCUT2D eigenvalue weighted by molar-refractivity contribution is 9.10. The van der Waals surface area contributed by atoms with E-state index in [2.05, 4.69) is 15.9 Å². The molecular weight excluding hydrogens is 292 g/mol. The molecule has 1 aliphatic rings. The molecule has 1 aliphatic heterocycles. The molecular formula is C12H14BrF2NO. The molecule has 1 aromatic rings. The fourth-order valence-electron chi connectivity index (χ4n) is 2.18.